The highest BCUT2D eigenvalue weighted by Crippen LogP contribution is 2.22. The smallest absolute Gasteiger partial charge is 0.253 e. The number of rotatable bonds is 4. The van der Waals surface area contributed by atoms with Crippen molar-refractivity contribution in [1.82, 2.24) is 15.6 Å². The highest BCUT2D eigenvalue weighted by Gasteiger charge is 2.35. The van der Waals surface area contributed by atoms with Gasteiger partial charge in [-0.15, -0.1) is 5.11 Å². The van der Waals surface area contributed by atoms with E-state index in [9.17, 15) is 4.79 Å². The van der Waals surface area contributed by atoms with E-state index in [1.54, 1.807) is 6.20 Å². The second-order valence-corrected chi connectivity index (χ2v) is 7.36. The van der Waals surface area contributed by atoms with E-state index in [0.717, 1.165) is 27.3 Å². The highest BCUT2D eigenvalue weighted by molar-refractivity contribution is 5.95. The Hall–Kier alpha value is -3.26. The molecular weight excluding hydrogens is 356 g/mol. The second kappa shape index (κ2) is 7.05. The zero-order valence-corrected chi connectivity index (χ0v) is 15.8. The van der Waals surface area contributed by atoms with Gasteiger partial charge in [0.05, 0.1) is 24.3 Å². The number of ether oxygens (including phenoxy) is 1. The Balaban J connectivity index is 1.66. The minimum absolute atomic E-state index is 0.144. The fraction of sp³-hybridized carbons (Fsp3) is 0.300. The fourth-order valence-corrected chi connectivity index (χ4v) is 3.33. The Kier molecular flexibility index (Phi) is 4.56. The van der Waals surface area contributed by atoms with Gasteiger partial charge < -0.3 is 21.2 Å². The van der Waals surface area contributed by atoms with Gasteiger partial charge in [0.2, 0.25) is 0 Å². The summed E-state index contributed by atoms with van der Waals surface area (Å²) in [4.78, 5) is 17.1. The van der Waals surface area contributed by atoms with Crippen LogP contribution in [0.3, 0.4) is 0 Å². The monoisotopic (exact) mass is 378 g/mol. The van der Waals surface area contributed by atoms with Gasteiger partial charge in [0.25, 0.3) is 5.91 Å². The molecule has 0 aliphatic carbocycles. The lowest BCUT2D eigenvalue weighted by molar-refractivity contribution is -0.0593. The number of aromatic nitrogens is 1. The van der Waals surface area contributed by atoms with Crippen LogP contribution < -0.4 is 26.9 Å². The van der Waals surface area contributed by atoms with Gasteiger partial charge in [0, 0.05) is 23.7 Å². The highest BCUT2D eigenvalue weighted by atomic mass is 16.5. The van der Waals surface area contributed by atoms with Crippen molar-refractivity contribution in [1.29, 1.82) is 0 Å². The maximum Gasteiger partial charge on any atom is 0.253 e. The number of hydrogen-bond donors (Lipinski definition) is 3. The largest absolute Gasteiger partial charge is 0.376 e. The molecule has 3 heterocycles. The third kappa shape index (κ3) is 3.46. The first-order valence-electron chi connectivity index (χ1n) is 9.03. The number of hydrogen-bond acceptors (Lipinski definition) is 6. The van der Waals surface area contributed by atoms with Crippen LogP contribution >= 0.6 is 0 Å². The molecule has 8 nitrogen and oxygen atoms in total. The topological polar surface area (TPSA) is 114 Å². The predicted molar refractivity (Wildman–Crippen MR) is 105 cm³/mol. The molecule has 0 saturated carbocycles. The molecule has 1 fully saturated rings. The van der Waals surface area contributed by atoms with Crippen LogP contribution in [0.2, 0.25) is 0 Å². The summed E-state index contributed by atoms with van der Waals surface area (Å²) in [6.45, 7) is 4.96. The van der Waals surface area contributed by atoms with Gasteiger partial charge in [-0.1, -0.05) is 17.4 Å². The lowest BCUT2D eigenvalue weighted by Gasteiger charge is -2.38. The van der Waals surface area contributed by atoms with Gasteiger partial charge in [-0.3, -0.25) is 9.78 Å². The van der Waals surface area contributed by atoms with Gasteiger partial charge >= 0.3 is 0 Å². The van der Waals surface area contributed by atoms with Crippen LogP contribution in [0, 0.1) is 6.92 Å². The van der Waals surface area contributed by atoms with Crippen molar-refractivity contribution in [2.75, 3.05) is 13.2 Å². The van der Waals surface area contributed by atoms with Crippen LogP contribution in [0.5, 0.6) is 0 Å². The summed E-state index contributed by atoms with van der Waals surface area (Å²) in [6.07, 6.45) is 5.18. The molecule has 1 saturated heterocycles. The quantitative estimate of drug-likeness (QED) is 0.404. The Morgan fingerprint density at radius 3 is 2.89 bits per heavy atom. The van der Waals surface area contributed by atoms with Crippen LogP contribution in [-0.4, -0.2) is 35.8 Å². The fourth-order valence-electron chi connectivity index (χ4n) is 3.33. The van der Waals surface area contributed by atoms with E-state index in [1.807, 2.05) is 44.3 Å². The minimum atomic E-state index is -0.304. The molecule has 8 heteroatoms. The van der Waals surface area contributed by atoms with Crippen molar-refractivity contribution >= 4 is 18.2 Å². The molecule has 1 aromatic carbocycles. The molecule has 1 aromatic heterocycles. The zero-order valence-electron chi connectivity index (χ0n) is 15.8. The van der Waals surface area contributed by atoms with Crippen LogP contribution in [0.1, 0.15) is 23.0 Å². The number of aryl methyl sites for hydroxylation is 1. The number of amides is 1. The van der Waals surface area contributed by atoms with Gasteiger partial charge in [-0.25, -0.2) is 0 Å². The molecule has 1 unspecified atom stereocenters. The number of carbonyl (C=O) groups excluding carboxylic acids is 1. The zero-order chi connectivity index (χ0) is 19.7. The van der Waals surface area contributed by atoms with Crippen molar-refractivity contribution in [2.45, 2.75) is 25.6 Å². The minimum Gasteiger partial charge on any atom is -0.376 e. The molecule has 28 heavy (non-hydrogen) atoms. The summed E-state index contributed by atoms with van der Waals surface area (Å²) in [5.41, 5.74) is 2.99. The summed E-state index contributed by atoms with van der Waals surface area (Å²) < 4.78 is 5.20. The predicted octanol–water partition coefficient (Wildman–Crippen LogP) is 0.349. The molecule has 4 rings (SSSR count). The van der Waals surface area contributed by atoms with Gasteiger partial charge in [0.1, 0.15) is 0 Å². The maximum absolute atomic E-state index is 12.6. The average Bonchev–Trinajstić information content (AvgIpc) is 2.67. The standard InChI is InChI=1S/C20H22N6O2/c1-12-17(6-16(9-22-12)19(27)24-20(2)10-28-11-20)14-4-3-13-7-18(25-26-21)23-8-15(13)5-14/h3-9,18,23H,10-11H2,1-2H3,(H2,21,25)(H,24,27). The first-order chi connectivity index (χ1) is 13.5. The number of fused-ring (bicyclic) bond motifs is 1. The van der Waals surface area contributed by atoms with Gasteiger partial charge in [-0.2, -0.15) is 0 Å². The van der Waals surface area contributed by atoms with Gasteiger partial charge in [0.15, 0.2) is 6.17 Å². The van der Waals surface area contributed by atoms with E-state index in [-0.39, 0.29) is 17.6 Å². The second-order valence-electron chi connectivity index (χ2n) is 7.36. The lowest BCUT2D eigenvalue weighted by atomic mass is 9.98. The summed E-state index contributed by atoms with van der Waals surface area (Å²) in [7, 11) is 0. The van der Waals surface area contributed by atoms with E-state index in [0.29, 0.717) is 18.8 Å². The number of nitrogens with one attached hydrogen (secondary N) is 2. The number of nitrogens with two attached hydrogens (primary N) is 1. The van der Waals surface area contributed by atoms with Crippen LogP contribution in [0.25, 0.3) is 23.4 Å². The summed E-state index contributed by atoms with van der Waals surface area (Å²) >= 11 is 0. The third-order valence-corrected chi connectivity index (χ3v) is 4.94. The Labute approximate surface area is 162 Å². The average molecular weight is 378 g/mol. The molecular formula is C20H22N6O2. The van der Waals surface area contributed by atoms with Crippen LogP contribution in [-0.2, 0) is 4.74 Å². The van der Waals surface area contributed by atoms with Crippen molar-refractivity contribution in [3.05, 3.63) is 52.2 Å². The Morgan fingerprint density at radius 1 is 1.36 bits per heavy atom. The number of nitrogens with zero attached hydrogens (tertiary/aromatic N) is 3. The molecule has 0 bridgehead atoms. The lowest BCUT2D eigenvalue weighted by Crippen LogP contribution is -2.59. The molecule has 0 radical (unpaired) electrons. The normalized spacial score (nSPS) is 19.6. The number of carbonyl (C=O) groups is 1. The molecule has 1 atom stereocenters. The van der Waals surface area contributed by atoms with E-state index >= 15 is 0 Å². The molecule has 2 aromatic rings. The summed E-state index contributed by atoms with van der Waals surface area (Å²) in [6, 6.07) is 7.97. The summed E-state index contributed by atoms with van der Waals surface area (Å²) in [5.74, 6) is 4.98. The molecule has 144 valence electrons. The molecule has 0 spiro atoms. The molecule has 2 aliphatic heterocycles. The molecule has 4 N–H and O–H groups in total. The van der Waals surface area contributed by atoms with E-state index in [2.05, 4.69) is 32.0 Å². The van der Waals surface area contributed by atoms with Crippen LogP contribution in [0.15, 0.2) is 40.8 Å². The number of pyridine rings is 1. The van der Waals surface area contributed by atoms with E-state index in [4.69, 9.17) is 10.6 Å². The van der Waals surface area contributed by atoms with Crippen molar-refractivity contribution in [2.24, 2.45) is 16.2 Å². The SMILES string of the molecule is Cc1ncc(C(=O)NC2(C)COC2)cc1-c1ccc2c(c1)=CNC(N=NN)C=2. The number of benzene rings is 1. The maximum atomic E-state index is 12.6. The van der Waals surface area contributed by atoms with Crippen molar-refractivity contribution < 1.29 is 9.53 Å². The summed E-state index contributed by atoms with van der Waals surface area (Å²) in [5, 5.41) is 15.4. The van der Waals surface area contributed by atoms with Gasteiger partial charge in [-0.05, 0) is 48.1 Å². The van der Waals surface area contributed by atoms with Crippen molar-refractivity contribution in [3.63, 3.8) is 0 Å². The third-order valence-electron chi connectivity index (χ3n) is 4.94. The molecule has 2 aliphatic rings. The first kappa shape index (κ1) is 18.1. The Bertz CT molecular complexity index is 1070. The van der Waals surface area contributed by atoms with E-state index < -0.39 is 0 Å². The van der Waals surface area contributed by atoms with Crippen molar-refractivity contribution in [3.8, 4) is 11.1 Å². The first-order valence-corrected chi connectivity index (χ1v) is 9.03. The van der Waals surface area contributed by atoms with Crippen LogP contribution in [0.4, 0.5) is 0 Å². The Morgan fingerprint density at radius 2 is 2.18 bits per heavy atom. The molecule has 1 amide bonds. The van der Waals surface area contributed by atoms with E-state index in [1.165, 1.54) is 0 Å².